The summed E-state index contributed by atoms with van der Waals surface area (Å²) in [5, 5.41) is 9.14. The quantitative estimate of drug-likeness (QED) is 0.757. The number of aromatic nitrogens is 1. The highest BCUT2D eigenvalue weighted by atomic mass is 16.4. The van der Waals surface area contributed by atoms with Crippen LogP contribution in [0, 0.1) is 13.8 Å². The zero-order chi connectivity index (χ0) is 18.6. The number of benzene rings is 1. The second kappa shape index (κ2) is 7.79. The molecule has 0 aliphatic heterocycles. The smallest absolute Gasteiger partial charge is 0.323 e. The summed E-state index contributed by atoms with van der Waals surface area (Å²) < 4.78 is 0. The maximum absolute atomic E-state index is 12.8. The van der Waals surface area contributed by atoms with Crippen molar-refractivity contribution in [3.8, 4) is 0 Å². The number of carbonyl (C=O) groups is 3. The fourth-order valence-electron chi connectivity index (χ4n) is 2.97. The molecule has 0 aliphatic carbocycles. The van der Waals surface area contributed by atoms with Gasteiger partial charge in [0.05, 0.1) is 0 Å². The Morgan fingerprint density at radius 3 is 2.28 bits per heavy atom. The number of carboxylic acids is 1. The molecule has 132 valence electrons. The Bertz CT molecular complexity index is 793. The largest absolute Gasteiger partial charge is 0.480 e. The number of aryl methyl sites for hydroxylation is 1. The number of ketones is 1. The molecule has 0 fully saturated rings. The molecule has 0 radical (unpaired) electrons. The lowest BCUT2D eigenvalue weighted by molar-refractivity contribution is -0.137. The van der Waals surface area contributed by atoms with Gasteiger partial charge in [-0.1, -0.05) is 30.3 Å². The summed E-state index contributed by atoms with van der Waals surface area (Å²) in [7, 11) is 0. The minimum atomic E-state index is -1.07. The summed E-state index contributed by atoms with van der Waals surface area (Å²) in [5.74, 6) is -1.61. The van der Waals surface area contributed by atoms with Crippen molar-refractivity contribution >= 4 is 17.7 Å². The van der Waals surface area contributed by atoms with Crippen molar-refractivity contribution in [3.05, 3.63) is 58.4 Å². The van der Waals surface area contributed by atoms with E-state index in [9.17, 15) is 14.4 Å². The SMILES string of the molecule is CC(=O)c1c(C)[nH]c(C(=O)N(CCc2ccccc2)CC(=O)O)c1C. The molecule has 6 nitrogen and oxygen atoms in total. The normalized spacial score (nSPS) is 10.5. The maximum Gasteiger partial charge on any atom is 0.323 e. The van der Waals surface area contributed by atoms with Crippen LogP contribution in [0.2, 0.25) is 0 Å². The number of carbonyl (C=O) groups excluding carboxylic acids is 2. The Morgan fingerprint density at radius 1 is 1.12 bits per heavy atom. The van der Waals surface area contributed by atoms with E-state index in [0.717, 1.165) is 5.56 Å². The molecule has 1 heterocycles. The number of hydrogen-bond acceptors (Lipinski definition) is 3. The van der Waals surface area contributed by atoms with E-state index in [0.29, 0.717) is 23.2 Å². The molecular weight excluding hydrogens is 320 g/mol. The molecule has 6 heteroatoms. The average Bonchev–Trinajstić information content (AvgIpc) is 2.86. The van der Waals surface area contributed by atoms with E-state index < -0.39 is 18.4 Å². The highest BCUT2D eigenvalue weighted by Crippen LogP contribution is 2.20. The van der Waals surface area contributed by atoms with Crippen molar-refractivity contribution in [2.45, 2.75) is 27.2 Å². The highest BCUT2D eigenvalue weighted by Gasteiger charge is 2.25. The third-order valence-corrected chi connectivity index (χ3v) is 4.13. The lowest BCUT2D eigenvalue weighted by atomic mass is 10.1. The van der Waals surface area contributed by atoms with Crippen molar-refractivity contribution in [2.24, 2.45) is 0 Å². The van der Waals surface area contributed by atoms with E-state index in [1.165, 1.54) is 11.8 Å². The van der Waals surface area contributed by atoms with Crippen molar-refractivity contribution in [3.63, 3.8) is 0 Å². The van der Waals surface area contributed by atoms with E-state index in [2.05, 4.69) is 4.98 Å². The summed E-state index contributed by atoms with van der Waals surface area (Å²) in [6, 6.07) is 9.56. The lowest BCUT2D eigenvalue weighted by Gasteiger charge is -2.20. The number of aromatic amines is 1. The average molecular weight is 342 g/mol. The standard InChI is InChI=1S/C19H22N2O4/c1-12-17(14(3)22)13(2)20-18(12)19(25)21(11-16(23)24)10-9-15-7-5-4-6-8-15/h4-8,20H,9-11H2,1-3H3,(H,23,24). The van der Waals surface area contributed by atoms with Gasteiger partial charge in [-0.25, -0.2) is 0 Å². The first-order valence-electron chi connectivity index (χ1n) is 8.06. The number of rotatable bonds is 7. The predicted molar refractivity (Wildman–Crippen MR) is 94.0 cm³/mol. The van der Waals surface area contributed by atoms with Gasteiger partial charge >= 0.3 is 5.97 Å². The molecule has 0 atom stereocenters. The van der Waals surface area contributed by atoms with Crippen LogP contribution in [0.15, 0.2) is 30.3 Å². The van der Waals surface area contributed by atoms with Crippen LogP contribution in [0.25, 0.3) is 0 Å². The Kier molecular flexibility index (Phi) is 5.75. The van der Waals surface area contributed by atoms with Gasteiger partial charge in [0.1, 0.15) is 12.2 Å². The molecule has 0 unspecified atom stereocenters. The summed E-state index contributed by atoms with van der Waals surface area (Å²) in [4.78, 5) is 40.0. The van der Waals surface area contributed by atoms with Crippen LogP contribution in [0.4, 0.5) is 0 Å². The predicted octanol–water partition coefficient (Wildman–Crippen LogP) is 2.60. The summed E-state index contributed by atoms with van der Waals surface area (Å²) in [5.41, 5.74) is 2.96. The first kappa shape index (κ1) is 18.4. The molecule has 2 aromatic rings. The minimum Gasteiger partial charge on any atom is -0.480 e. The van der Waals surface area contributed by atoms with Crippen molar-refractivity contribution in [1.82, 2.24) is 9.88 Å². The molecule has 0 saturated carbocycles. The van der Waals surface area contributed by atoms with Crippen molar-refractivity contribution in [2.75, 3.05) is 13.1 Å². The van der Waals surface area contributed by atoms with E-state index in [1.54, 1.807) is 13.8 Å². The highest BCUT2D eigenvalue weighted by molar-refractivity contribution is 6.03. The van der Waals surface area contributed by atoms with Gasteiger partial charge in [0, 0.05) is 17.8 Å². The van der Waals surface area contributed by atoms with Gasteiger partial charge in [-0.15, -0.1) is 0 Å². The van der Waals surface area contributed by atoms with Crippen LogP contribution in [0.1, 0.15) is 44.6 Å². The zero-order valence-electron chi connectivity index (χ0n) is 14.6. The van der Waals surface area contributed by atoms with Gasteiger partial charge in [-0.2, -0.15) is 0 Å². The minimum absolute atomic E-state index is 0.126. The molecule has 0 aliphatic rings. The van der Waals surface area contributed by atoms with E-state index >= 15 is 0 Å². The molecule has 1 amide bonds. The van der Waals surface area contributed by atoms with Crippen molar-refractivity contribution < 1.29 is 19.5 Å². The number of Topliss-reactive ketones (excluding diaryl/α,β-unsaturated/α-hetero) is 1. The number of aliphatic carboxylic acids is 1. The van der Waals surface area contributed by atoms with Crippen LogP contribution >= 0.6 is 0 Å². The fraction of sp³-hybridized carbons (Fsp3) is 0.316. The lowest BCUT2D eigenvalue weighted by Crippen LogP contribution is -2.37. The summed E-state index contributed by atoms with van der Waals surface area (Å²) in [6.45, 7) is 4.76. The van der Waals surface area contributed by atoms with Gasteiger partial charge in [0.2, 0.25) is 0 Å². The Hall–Kier alpha value is -2.89. The third-order valence-electron chi connectivity index (χ3n) is 4.13. The molecule has 0 bridgehead atoms. The van der Waals surface area contributed by atoms with Crippen LogP contribution < -0.4 is 0 Å². The topological polar surface area (TPSA) is 90.5 Å². The number of hydrogen-bond donors (Lipinski definition) is 2. The number of nitrogens with one attached hydrogen (secondary N) is 1. The molecule has 1 aromatic heterocycles. The Balaban J connectivity index is 2.25. The Labute approximate surface area is 146 Å². The second-order valence-electron chi connectivity index (χ2n) is 6.04. The molecular formula is C19H22N2O4. The number of H-pyrrole nitrogens is 1. The van der Waals surface area contributed by atoms with Crippen LogP contribution in [0.3, 0.4) is 0 Å². The van der Waals surface area contributed by atoms with Gasteiger partial charge < -0.3 is 15.0 Å². The zero-order valence-corrected chi connectivity index (χ0v) is 14.6. The molecule has 2 rings (SSSR count). The van der Waals surface area contributed by atoms with Gasteiger partial charge in [0.15, 0.2) is 5.78 Å². The number of carboxylic acid groups (broad SMARTS) is 1. The number of amides is 1. The summed E-state index contributed by atoms with van der Waals surface area (Å²) in [6.07, 6.45) is 0.554. The van der Waals surface area contributed by atoms with Crippen LogP contribution in [-0.2, 0) is 11.2 Å². The van der Waals surface area contributed by atoms with E-state index in [1.807, 2.05) is 30.3 Å². The number of nitrogens with zero attached hydrogens (tertiary/aromatic N) is 1. The maximum atomic E-state index is 12.8. The summed E-state index contributed by atoms with van der Waals surface area (Å²) >= 11 is 0. The van der Waals surface area contributed by atoms with E-state index in [4.69, 9.17) is 5.11 Å². The Morgan fingerprint density at radius 2 is 1.76 bits per heavy atom. The monoisotopic (exact) mass is 342 g/mol. The van der Waals surface area contributed by atoms with Gasteiger partial charge in [0.25, 0.3) is 5.91 Å². The molecule has 0 spiro atoms. The third kappa shape index (κ3) is 4.35. The first-order chi connectivity index (χ1) is 11.8. The molecule has 1 aromatic carbocycles. The van der Waals surface area contributed by atoms with Crippen LogP contribution in [0.5, 0.6) is 0 Å². The van der Waals surface area contributed by atoms with Crippen LogP contribution in [-0.4, -0.2) is 45.7 Å². The van der Waals surface area contributed by atoms with Gasteiger partial charge in [-0.05, 0) is 38.3 Å². The van der Waals surface area contributed by atoms with Gasteiger partial charge in [-0.3, -0.25) is 14.4 Å². The molecule has 25 heavy (non-hydrogen) atoms. The van der Waals surface area contributed by atoms with E-state index in [-0.39, 0.29) is 18.0 Å². The van der Waals surface area contributed by atoms with Crippen molar-refractivity contribution in [1.29, 1.82) is 0 Å². The second-order valence-corrected chi connectivity index (χ2v) is 6.04. The molecule has 0 saturated heterocycles. The first-order valence-corrected chi connectivity index (χ1v) is 8.06. The fourth-order valence-corrected chi connectivity index (χ4v) is 2.97. The molecule has 2 N–H and O–H groups in total.